The molecule has 0 bridgehead atoms. The molecule has 14 heavy (non-hydrogen) atoms. The summed E-state index contributed by atoms with van der Waals surface area (Å²) in [5.41, 5.74) is 6.30. The molecule has 0 aliphatic carbocycles. The van der Waals surface area contributed by atoms with Crippen LogP contribution in [0, 0.1) is 0 Å². The van der Waals surface area contributed by atoms with Crippen molar-refractivity contribution in [2.24, 2.45) is 5.73 Å². The second-order valence-corrected chi connectivity index (χ2v) is 2.63. The Morgan fingerprint density at radius 2 is 1.79 bits per heavy atom. The predicted octanol–water partition coefficient (Wildman–Crippen LogP) is 1.48. The zero-order valence-corrected chi connectivity index (χ0v) is 9.05. The monoisotopic (exact) mass is 237 g/mol. The van der Waals surface area contributed by atoms with Gasteiger partial charge >= 0.3 is 5.97 Å². The van der Waals surface area contributed by atoms with Crippen molar-refractivity contribution < 1.29 is 9.90 Å². The van der Waals surface area contributed by atoms with Crippen molar-refractivity contribution in [1.82, 2.24) is 0 Å². The van der Waals surface area contributed by atoms with Gasteiger partial charge in [-0.1, -0.05) is 30.3 Å². The van der Waals surface area contributed by atoms with Crippen LogP contribution in [0.5, 0.6) is 0 Å². The Balaban J connectivity index is 0. The predicted molar refractivity (Wildman–Crippen MR) is 60.3 cm³/mol. The van der Waals surface area contributed by atoms with Gasteiger partial charge < -0.3 is 10.8 Å². The molecule has 1 atom stereocenters. The lowest BCUT2D eigenvalue weighted by atomic mass is 10.1. The van der Waals surface area contributed by atoms with E-state index in [0.29, 0.717) is 6.42 Å². The molecule has 3 nitrogen and oxygen atoms in total. The Bertz CT molecular complexity index is 267. The molecule has 1 rings (SSSR count). The number of carboxylic acid groups (broad SMARTS) is 1. The largest absolute Gasteiger partial charge is 0.480 e. The van der Waals surface area contributed by atoms with Gasteiger partial charge in [0.15, 0.2) is 0 Å². The third kappa shape index (κ3) is 5.07. The standard InChI is InChI=1S/C9H11NO2.2ClH/c10-8(9(11)12)6-7-4-2-1-3-5-7;;/h1-5,8H,6,10H2,(H,11,12);2*1H/t8-;;/m1../s1. The summed E-state index contributed by atoms with van der Waals surface area (Å²) in [6.45, 7) is 0. The van der Waals surface area contributed by atoms with Gasteiger partial charge in [-0.3, -0.25) is 4.79 Å². The van der Waals surface area contributed by atoms with Gasteiger partial charge in [-0.2, -0.15) is 0 Å². The van der Waals surface area contributed by atoms with Crippen molar-refractivity contribution in [3.8, 4) is 0 Å². The van der Waals surface area contributed by atoms with Crippen LogP contribution in [0.3, 0.4) is 0 Å². The van der Waals surface area contributed by atoms with E-state index >= 15 is 0 Å². The van der Waals surface area contributed by atoms with Gasteiger partial charge in [-0.15, -0.1) is 24.8 Å². The first-order chi connectivity index (χ1) is 5.70. The maximum absolute atomic E-state index is 10.4. The summed E-state index contributed by atoms with van der Waals surface area (Å²) in [5, 5.41) is 8.52. The summed E-state index contributed by atoms with van der Waals surface area (Å²) >= 11 is 0. The number of aliphatic carboxylic acids is 1. The summed E-state index contributed by atoms with van der Waals surface area (Å²) in [4.78, 5) is 10.4. The van der Waals surface area contributed by atoms with Crippen molar-refractivity contribution >= 4 is 30.8 Å². The minimum absolute atomic E-state index is 0. The molecule has 0 aliphatic heterocycles. The zero-order chi connectivity index (χ0) is 8.97. The van der Waals surface area contributed by atoms with Crippen molar-refractivity contribution in [2.75, 3.05) is 0 Å². The number of hydrogen-bond acceptors (Lipinski definition) is 2. The van der Waals surface area contributed by atoms with Crippen LogP contribution in [0.4, 0.5) is 0 Å². The highest BCUT2D eigenvalue weighted by Gasteiger charge is 2.10. The molecule has 0 spiro atoms. The van der Waals surface area contributed by atoms with Gasteiger partial charge in [-0.05, 0) is 12.0 Å². The number of carboxylic acids is 1. The van der Waals surface area contributed by atoms with E-state index in [0.717, 1.165) is 5.56 Å². The SMILES string of the molecule is Cl.Cl.N[C@H](Cc1ccccc1)C(=O)O. The number of halogens is 2. The normalized spacial score (nSPS) is 10.6. The third-order valence-electron chi connectivity index (χ3n) is 1.62. The first kappa shape index (κ1) is 15.7. The van der Waals surface area contributed by atoms with Crippen LogP contribution in [0.15, 0.2) is 30.3 Å². The number of benzene rings is 1. The summed E-state index contributed by atoms with van der Waals surface area (Å²) < 4.78 is 0. The summed E-state index contributed by atoms with van der Waals surface area (Å²) in [5.74, 6) is -0.959. The summed E-state index contributed by atoms with van der Waals surface area (Å²) in [7, 11) is 0. The topological polar surface area (TPSA) is 63.3 Å². The van der Waals surface area contributed by atoms with Gasteiger partial charge in [-0.25, -0.2) is 0 Å². The number of rotatable bonds is 3. The number of nitrogens with two attached hydrogens (primary N) is 1. The lowest BCUT2D eigenvalue weighted by Gasteiger charge is -2.04. The van der Waals surface area contributed by atoms with Crippen molar-refractivity contribution in [1.29, 1.82) is 0 Å². The van der Waals surface area contributed by atoms with E-state index in [9.17, 15) is 4.79 Å². The van der Waals surface area contributed by atoms with Gasteiger partial charge in [0.2, 0.25) is 0 Å². The molecule has 0 heterocycles. The van der Waals surface area contributed by atoms with Gasteiger partial charge in [0.1, 0.15) is 6.04 Å². The van der Waals surface area contributed by atoms with E-state index < -0.39 is 12.0 Å². The minimum atomic E-state index is -0.959. The van der Waals surface area contributed by atoms with Gasteiger partial charge in [0.05, 0.1) is 0 Å². The first-order valence-corrected chi connectivity index (χ1v) is 3.72. The molecule has 0 fully saturated rings. The van der Waals surface area contributed by atoms with Crippen molar-refractivity contribution in [2.45, 2.75) is 12.5 Å². The van der Waals surface area contributed by atoms with E-state index in [1.54, 1.807) is 0 Å². The average Bonchev–Trinajstić information content (AvgIpc) is 2.06. The Hall–Kier alpha value is -0.770. The first-order valence-electron chi connectivity index (χ1n) is 3.72. The molecule has 0 saturated heterocycles. The Morgan fingerprint density at radius 1 is 1.29 bits per heavy atom. The summed E-state index contributed by atoms with van der Waals surface area (Å²) in [6, 6.07) is 8.54. The Morgan fingerprint density at radius 3 is 2.21 bits per heavy atom. The summed E-state index contributed by atoms with van der Waals surface area (Å²) in [6.07, 6.45) is 0.385. The Kier molecular flexibility index (Phi) is 8.54. The highest BCUT2D eigenvalue weighted by atomic mass is 35.5. The van der Waals surface area contributed by atoms with Crippen LogP contribution >= 0.6 is 24.8 Å². The molecule has 0 aromatic heterocycles. The van der Waals surface area contributed by atoms with Crippen molar-refractivity contribution in [3.05, 3.63) is 35.9 Å². The average molecular weight is 238 g/mol. The molecule has 0 unspecified atom stereocenters. The second-order valence-electron chi connectivity index (χ2n) is 2.63. The van der Waals surface area contributed by atoms with Crippen LogP contribution in [-0.4, -0.2) is 17.1 Å². The van der Waals surface area contributed by atoms with E-state index in [4.69, 9.17) is 10.8 Å². The van der Waals surface area contributed by atoms with Crippen molar-refractivity contribution in [3.63, 3.8) is 0 Å². The van der Waals surface area contributed by atoms with E-state index in [2.05, 4.69) is 0 Å². The minimum Gasteiger partial charge on any atom is -0.480 e. The lowest BCUT2D eigenvalue weighted by molar-refractivity contribution is -0.138. The van der Waals surface area contributed by atoms with Crippen LogP contribution in [0.1, 0.15) is 5.56 Å². The zero-order valence-electron chi connectivity index (χ0n) is 7.42. The molecule has 3 N–H and O–H groups in total. The maximum atomic E-state index is 10.4. The number of carbonyl (C=O) groups is 1. The molecule has 0 amide bonds. The molecular weight excluding hydrogens is 225 g/mol. The molecular formula is C9H13Cl2NO2. The highest BCUT2D eigenvalue weighted by Crippen LogP contribution is 2.01. The maximum Gasteiger partial charge on any atom is 0.320 e. The fourth-order valence-electron chi connectivity index (χ4n) is 0.955. The molecule has 1 aromatic rings. The van der Waals surface area contributed by atoms with E-state index in [1.807, 2.05) is 30.3 Å². The van der Waals surface area contributed by atoms with E-state index in [-0.39, 0.29) is 24.8 Å². The highest BCUT2D eigenvalue weighted by molar-refractivity contribution is 5.85. The molecule has 80 valence electrons. The second kappa shape index (κ2) is 7.62. The third-order valence-corrected chi connectivity index (χ3v) is 1.62. The van der Waals surface area contributed by atoms with E-state index in [1.165, 1.54) is 0 Å². The molecule has 0 radical (unpaired) electrons. The smallest absolute Gasteiger partial charge is 0.320 e. The fraction of sp³-hybridized carbons (Fsp3) is 0.222. The molecule has 0 saturated carbocycles. The molecule has 5 heteroatoms. The van der Waals surface area contributed by atoms with Gasteiger partial charge in [0, 0.05) is 0 Å². The van der Waals surface area contributed by atoms with Crippen LogP contribution in [0.25, 0.3) is 0 Å². The van der Waals surface area contributed by atoms with Crippen LogP contribution in [0.2, 0.25) is 0 Å². The number of hydrogen-bond donors (Lipinski definition) is 2. The lowest BCUT2D eigenvalue weighted by Crippen LogP contribution is -2.32. The fourth-order valence-corrected chi connectivity index (χ4v) is 0.955. The van der Waals surface area contributed by atoms with Crippen LogP contribution < -0.4 is 5.73 Å². The Labute approximate surface area is 95.1 Å². The molecule has 0 aliphatic rings. The quantitative estimate of drug-likeness (QED) is 0.838. The van der Waals surface area contributed by atoms with Crippen LogP contribution in [-0.2, 0) is 11.2 Å². The molecule has 1 aromatic carbocycles. The van der Waals surface area contributed by atoms with Gasteiger partial charge in [0.25, 0.3) is 0 Å².